The minimum Gasteiger partial charge on any atom is -0.462 e. The largest absolute Gasteiger partial charge is 0.472 e. The number of hydrogen-bond donors (Lipinski definition) is 3. The number of carbonyl (C=O) groups excluding carboxylic acids is 4. The number of unbranched alkanes of at least 4 members (excludes halogenated alkanes) is 35. The minimum atomic E-state index is -4.96. The van der Waals surface area contributed by atoms with Crippen LogP contribution in [0.25, 0.3) is 0 Å². The van der Waals surface area contributed by atoms with Crippen molar-refractivity contribution < 1.29 is 80.2 Å². The number of phosphoric acid groups is 2. The Hall–Kier alpha value is -1.94. The van der Waals surface area contributed by atoms with E-state index in [4.69, 9.17) is 37.0 Å². The van der Waals surface area contributed by atoms with Gasteiger partial charge in [0.15, 0.2) is 12.2 Å². The van der Waals surface area contributed by atoms with Crippen molar-refractivity contribution in [2.75, 3.05) is 39.6 Å². The summed E-state index contributed by atoms with van der Waals surface area (Å²) in [5.41, 5.74) is 0. The van der Waals surface area contributed by atoms with Crippen molar-refractivity contribution >= 4 is 39.5 Å². The van der Waals surface area contributed by atoms with Crippen LogP contribution in [-0.4, -0.2) is 96.7 Å². The summed E-state index contributed by atoms with van der Waals surface area (Å²) in [6.07, 6.45) is 47.1. The summed E-state index contributed by atoms with van der Waals surface area (Å²) in [6.45, 7) is 14.2. The molecule has 0 fully saturated rings. The summed E-state index contributed by atoms with van der Waals surface area (Å²) in [5, 5.41) is 10.6. The SMILES string of the molecule is CCC(C)CCCCCCCCCCC(=O)O[C@H](COC(=O)CCCCCCCCC(C)CC)COP(=O)(O)OC[C@H](O)COP(=O)(O)OC[C@@H](COC(=O)CCCCCCCCCCCCCCCC(C)C)OC(=O)CCCCCCCCCCCCCCC(C)C. The normalized spacial score (nSPS) is 14.8. The van der Waals surface area contributed by atoms with Gasteiger partial charge in [0.05, 0.1) is 26.4 Å². The second-order valence-corrected chi connectivity index (χ2v) is 31.0. The molecular weight excluding hydrogens is 1220 g/mol. The summed E-state index contributed by atoms with van der Waals surface area (Å²) in [6, 6.07) is 0. The molecule has 0 aliphatic carbocycles. The average molecular weight is 1370 g/mol. The molecule has 7 atom stereocenters. The number of carbonyl (C=O) groups is 4. The fourth-order valence-electron chi connectivity index (χ4n) is 11.1. The summed E-state index contributed by atoms with van der Waals surface area (Å²) in [7, 11) is -9.91. The molecule has 19 heteroatoms. The Bertz CT molecular complexity index is 1840. The fourth-order valence-corrected chi connectivity index (χ4v) is 12.7. The van der Waals surface area contributed by atoms with Crippen LogP contribution in [0, 0.1) is 23.7 Å². The average Bonchev–Trinajstić information content (AvgIpc) is 2.63. The molecule has 17 nitrogen and oxygen atoms in total. The van der Waals surface area contributed by atoms with Crippen LogP contribution in [0.3, 0.4) is 0 Å². The monoisotopic (exact) mass is 1370 g/mol. The van der Waals surface area contributed by atoms with E-state index in [1.807, 2.05) is 0 Å². The molecule has 0 aromatic rings. The van der Waals surface area contributed by atoms with Crippen molar-refractivity contribution in [2.45, 2.75) is 388 Å². The molecule has 0 saturated heterocycles. The van der Waals surface area contributed by atoms with Gasteiger partial charge in [0, 0.05) is 25.7 Å². The van der Waals surface area contributed by atoms with Crippen molar-refractivity contribution in [1.29, 1.82) is 0 Å². The standard InChI is InChI=1S/C74H144O17P2/c1-9-66(7)52-44-36-28-24-25-31-41-49-57-74(79)91-70(61-85-72(77)55-47-39-33-32-37-45-53-67(8)10-2)63-89-93(82,83)87-59-68(75)58-86-92(80,81)88-62-69(90-73(78)56-48-40-30-23-19-15-14-17-21-27-35-43-51-65(5)6)60-84-71(76)54-46-38-29-22-18-13-11-12-16-20-26-34-42-50-64(3)4/h64-70,75H,9-63H2,1-8H3,(H,80,81)(H,82,83)/t66?,67?,68-,69-,70-/m1/s1. The van der Waals surface area contributed by atoms with E-state index in [0.717, 1.165) is 120 Å². The van der Waals surface area contributed by atoms with Crippen LogP contribution in [0.2, 0.25) is 0 Å². The Kier molecular flexibility index (Phi) is 62.2. The van der Waals surface area contributed by atoms with Crippen LogP contribution < -0.4 is 0 Å². The molecule has 0 rings (SSSR count). The molecule has 0 amide bonds. The van der Waals surface area contributed by atoms with Gasteiger partial charge < -0.3 is 33.8 Å². The molecule has 0 aliphatic heterocycles. The number of hydrogen-bond acceptors (Lipinski definition) is 15. The van der Waals surface area contributed by atoms with Crippen LogP contribution in [-0.2, 0) is 65.4 Å². The third-order valence-corrected chi connectivity index (χ3v) is 19.7. The summed E-state index contributed by atoms with van der Waals surface area (Å²) in [5.74, 6) is 0.943. The summed E-state index contributed by atoms with van der Waals surface area (Å²) >= 11 is 0. The first-order valence-corrected chi connectivity index (χ1v) is 41.3. The first-order valence-electron chi connectivity index (χ1n) is 38.3. The lowest BCUT2D eigenvalue weighted by Gasteiger charge is -2.21. The molecule has 0 heterocycles. The van der Waals surface area contributed by atoms with Gasteiger partial charge in [0.25, 0.3) is 0 Å². The van der Waals surface area contributed by atoms with Gasteiger partial charge in [0.2, 0.25) is 0 Å². The molecule has 0 radical (unpaired) electrons. The van der Waals surface area contributed by atoms with E-state index < -0.39 is 97.5 Å². The smallest absolute Gasteiger partial charge is 0.462 e. The maximum Gasteiger partial charge on any atom is 0.472 e. The maximum absolute atomic E-state index is 13.1. The van der Waals surface area contributed by atoms with Crippen LogP contribution in [0.15, 0.2) is 0 Å². The van der Waals surface area contributed by atoms with E-state index in [0.29, 0.717) is 25.7 Å². The van der Waals surface area contributed by atoms with Crippen molar-refractivity contribution in [2.24, 2.45) is 23.7 Å². The fraction of sp³-hybridized carbons (Fsp3) is 0.946. The zero-order valence-corrected chi connectivity index (χ0v) is 62.7. The second-order valence-electron chi connectivity index (χ2n) is 28.1. The van der Waals surface area contributed by atoms with E-state index in [2.05, 4.69) is 55.4 Å². The minimum absolute atomic E-state index is 0.104. The molecule has 0 spiro atoms. The third-order valence-electron chi connectivity index (χ3n) is 17.8. The number of rotatable bonds is 71. The van der Waals surface area contributed by atoms with E-state index in [-0.39, 0.29) is 25.7 Å². The second kappa shape index (κ2) is 63.5. The molecule has 0 bridgehead atoms. The third kappa shape index (κ3) is 65.8. The predicted octanol–water partition coefficient (Wildman–Crippen LogP) is 21.3. The van der Waals surface area contributed by atoms with Gasteiger partial charge in [-0.2, -0.15) is 0 Å². The van der Waals surface area contributed by atoms with Gasteiger partial charge >= 0.3 is 39.5 Å². The summed E-state index contributed by atoms with van der Waals surface area (Å²) in [4.78, 5) is 72.7. The van der Waals surface area contributed by atoms with Gasteiger partial charge in [-0.1, -0.05) is 319 Å². The van der Waals surface area contributed by atoms with Crippen molar-refractivity contribution in [3.05, 3.63) is 0 Å². The zero-order valence-electron chi connectivity index (χ0n) is 60.9. The maximum atomic E-state index is 13.1. The van der Waals surface area contributed by atoms with Gasteiger partial charge in [-0.05, 0) is 49.4 Å². The molecule has 4 unspecified atom stereocenters. The van der Waals surface area contributed by atoms with Gasteiger partial charge in [0.1, 0.15) is 19.3 Å². The quantitative estimate of drug-likeness (QED) is 0.0222. The van der Waals surface area contributed by atoms with Crippen molar-refractivity contribution in [3.63, 3.8) is 0 Å². The number of aliphatic hydroxyl groups is 1. The Labute approximate surface area is 568 Å². The topological polar surface area (TPSA) is 237 Å². The van der Waals surface area contributed by atoms with E-state index in [1.54, 1.807) is 0 Å². The molecular formula is C74H144O17P2. The van der Waals surface area contributed by atoms with Gasteiger partial charge in [-0.15, -0.1) is 0 Å². The van der Waals surface area contributed by atoms with Crippen molar-refractivity contribution in [1.82, 2.24) is 0 Å². The van der Waals surface area contributed by atoms with Gasteiger partial charge in [-0.25, -0.2) is 9.13 Å². The van der Waals surface area contributed by atoms with Gasteiger partial charge in [-0.3, -0.25) is 37.3 Å². The Morgan fingerprint density at radius 1 is 0.301 bits per heavy atom. The summed E-state index contributed by atoms with van der Waals surface area (Å²) < 4.78 is 68.5. The number of ether oxygens (including phenoxy) is 4. The molecule has 3 N–H and O–H groups in total. The Balaban J connectivity index is 5.26. The number of phosphoric ester groups is 2. The lowest BCUT2D eigenvalue weighted by molar-refractivity contribution is -0.161. The highest BCUT2D eigenvalue weighted by atomic mass is 31.2. The Morgan fingerprint density at radius 3 is 0.763 bits per heavy atom. The van der Waals surface area contributed by atoms with E-state index >= 15 is 0 Å². The highest BCUT2D eigenvalue weighted by Gasteiger charge is 2.30. The highest BCUT2D eigenvalue weighted by molar-refractivity contribution is 7.47. The Morgan fingerprint density at radius 2 is 0.516 bits per heavy atom. The molecule has 0 aromatic heterocycles. The molecule has 552 valence electrons. The first kappa shape index (κ1) is 91.1. The van der Waals surface area contributed by atoms with E-state index in [1.165, 1.54) is 167 Å². The van der Waals surface area contributed by atoms with Crippen molar-refractivity contribution in [3.8, 4) is 0 Å². The lowest BCUT2D eigenvalue weighted by atomic mass is 9.99. The predicted molar refractivity (Wildman–Crippen MR) is 377 cm³/mol. The number of esters is 4. The van der Waals surface area contributed by atoms with Crippen LogP contribution >= 0.6 is 15.6 Å². The highest BCUT2D eigenvalue weighted by Crippen LogP contribution is 2.45. The van der Waals surface area contributed by atoms with E-state index in [9.17, 15) is 43.2 Å². The first-order chi connectivity index (χ1) is 44.7. The van der Waals surface area contributed by atoms with Crippen LogP contribution in [0.1, 0.15) is 370 Å². The molecule has 0 aromatic carbocycles. The molecule has 0 aliphatic rings. The lowest BCUT2D eigenvalue weighted by Crippen LogP contribution is -2.30. The molecule has 93 heavy (non-hydrogen) atoms. The molecule has 0 saturated carbocycles. The zero-order chi connectivity index (χ0) is 68.9. The van der Waals surface area contributed by atoms with Crippen LogP contribution in [0.4, 0.5) is 0 Å². The van der Waals surface area contributed by atoms with Crippen LogP contribution in [0.5, 0.6) is 0 Å². The number of aliphatic hydroxyl groups excluding tert-OH is 1.